The Hall–Kier alpha value is -1.96. The highest BCUT2D eigenvalue weighted by molar-refractivity contribution is 7.89. The van der Waals surface area contributed by atoms with Gasteiger partial charge in [-0.3, -0.25) is 4.79 Å². The summed E-state index contributed by atoms with van der Waals surface area (Å²) in [6, 6.07) is 10.0. The van der Waals surface area contributed by atoms with Gasteiger partial charge in [0, 0.05) is 23.5 Å². The van der Waals surface area contributed by atoms with Gasteiger partial charge in [-0.05, 0) is 74.2 Å². The molecule has 2 aromatic rings. The van der Waals surface area contributed by atoms with Crippen LogP contribution in [0.25, 0.3) is 0 Å². The van der Waals surface area contributed by atoms with Crippen molar-refractivity contribution in [2.24, 2.45) is 0 Å². The average molecular weight is 419 g/mol. The van der Waals surface area contributed by atoms with E-state index in [4.69, 9.17) is 0 Å². The van der Waals surface area contributed by atoms with E-state index in [1.54, 1.807) is 23.5 Å². The quantitative estimate of drug-likeness (QED) is 0.607. The molecule has 3 rings (SSSR count). The molecule has 28 heavy (non-hydrogen) atoms. The predicted octanol–water partition coefficient (Wildman–Crippen LogP) is 3.89. The summed E-state index contributed by atoms with van der Waals surface area (Å²) in [6.07, 6.45) is 8.58. The molecule has 150 valence electrons. The number of hydrogen-bond acceptors (Lipinski definition) is 4. The van der Waals surface area contributed by atoms with Crippen molar-refractivity contribution in [1.82, 2.24) is 10.0 Å². The van der Waals surface area contributed by atoms with Crippen molar-refractivity contribution in [2.45, 2.75) is 43.4 Å². The van der Waals surface area contributed by atoms with Crippen LogP contribution in [0.4, 0.5) is 0 Å². The molecular weight excluding hydrogens is 392 g/mol. The Labute approximate surface area is 170 Å². The lowest BCUT2D eigenvalue weighted by Crippen LogP contribution is -2.26. The summed E-state index contributed by atoms with van der Waals surface area (Å²) in [4.78, 5) is 13.6. The fourth-order valence-electron chi connectivity index (χ4n) is 3.20. The minimum Gasteiger partial charge on any atom is -0.352 e. The highest BCUT2D eigenvalue weighted by atomic mass is 32.2. The molecule has 1 heterocycles. The summed E-state index contributed by atoms with van der Waals surface area (Å²) in [5.41, 5.74) is 1.89. The largest absolute Gasteiger partial charge is 0.352 e. The number of nitrogens with one attached hydrogen (secondary N) is 2. The van der Waals surface area contributed by atoms with E-state index >= 15 is 0 Å². The minimum absolute atomic E-state index is 0.169. The molecule has 0 fully saturated rings. The molecule has 0 atom stereocenters. The molecule has 1 aromatic heterocycles. The summed E-state index contributed by atoms with van der Waals surface area (Å²) in [5, 5.41) is 4.88. The summed E-state index contributed by atoms with van der Waals surface area (Å²) < 4.78 is 27.4. The van der Waals surface area contributed by atoms with Gasteiger partial charge in [-0.25, -0.2) is 13.1 Å². The lowest BCUT2D eigenvalue weighted by atomic mass is 9.97. The Morgan fingerprint density at radius 2 is 1.86 bits per heavy atom. The molecule has 5 nitrogen and oxygen atoms in total. The van der Waals surface area contributed by atoms with Gasteiger partial charge in [0.05, 0.1) is 4.90 Å². The molecule has 1 amide bonds. The average Bonchev–Trinajstić information content (AvgIpc) is 3.22. The fourth-order valence-corrected chi connectivity index (χ4v) is 4.94. The zero-order valence-electron chi connectivity index (χ0n) is 15.8. The van der Waals surface area contributed by atoms with E-state index in [2.05, 4.69) is 16.1 Å². The Balaban J connectivity index is 1.48. The lowest BCUT2D eigenvalue weighted by Gasteiger charge is -2.13. The number of benzene rings is 1. The zero-order chi connectivity index (χ0) is 19.8. The van der Waals surface area contributed by atoms with Gasteiger partial charge in [0.25, 0.3) is 5.91 Å². The van der Waals surface area contributed by atoms with Crippen molar-refractivity contribution in [1.29, 1.82) is 0 Å². The zero-order valence-corrected chi connectivity index (χ0v) is 17.4. The Morgan fingerprint density at radius 1 is 1.04 bits per heavy atom. The number of thiophene rings is 1. The number of sulfonamides is 1. The normalized spacial score (nSPS) is 14.5. The van der Waals surface area contributed by atoms with Crippen LogP contribution >= 0.6 is 11.3 Å². The van der Waals surface area contributed by atoms with Crippen LogP contribution in [-0.4, -0.2) is 27.4 Å². The first-order valence-electron chi connectivity index (χ1n) is 9.63. The lowest BCUT2D eigenvalue weighted by molar-refractivity contribution is 0.0954. The monoisotopic (exact) mass is 418 g/mol. The third-order valence-corrected chi connectivity index (χ3v) is 7.20. The van der Waals surface area contributed by atoms with Gasteiger partial charge in [0.1, 0.15) is 0 Å². The number of allylic oxidation sites excluding steroid dienone is 1. The van der Waals surface area contributed by atoms with Crippen LogP contribution in [0.1, 0.15) is 47.3 Å². The Bertz CT molecular complexity index is 902. The van der Waals surface area contributed by atoms with E-state index in [0.29, 0.717) is 25.1 Å². The minimum atomic E-state index is -3.57. The van der Waals surface area contributed by atoms with E-state index in [1.807, 2.05) is 17.5 Å². The summed E-state index contributed by atoms with van der Waals surface area (Å²) in [6.45, 7) is 0.954. The van der Waals surface area contributed by atoms with Gasteiger partial charge in [-0.15, -0.1) is 11.3 Å². The van der Waals surface area contributed by atoms with Gasteiger partial charge < -0.3 is 5.32 Å². The van der Waals surface area contributed by atoms with Crippen LogP contribution < -0.4 is 10.0 Å². The van der Waals surface area contributed by atoms with Crippen LogP contribution in [0.5, 0.6) is 0 Å². The van der Waals surface area contributed by atoms with Crippen LogP contribution in [-0.2, 0) is 16.4 Å². The second-order valence-corrected chi connectivity index (χ2v) is 9.66. The number of carbonyl (C=O) groups excluding carboxylic acids is 1. The molecule has 1 aliphatic rings. The topological polar surface area (TPSA) is 75.3 Å². The van der Waals surface area contributed by atoms with Crippen molar-refractivity contribution in [2.75, 3.05) is 13.1 Å². The molecule has 0 bridgehead atoms. The second kappa shape index (κ2) is 10.0. The van der Waals surface area contributed by atoms with Crippen molar-refractivity contribution < 1.29 is 13.2 Å². The van der Waals surface area contributed by atoms with Crippen molar-refractivity contribution >= 4 is 27.3 Å². The SMILES string of the molecule is O=C(NCCC1=CCCCC1)c1ccc(S(=O)(=O)NCCc2cccs2)cc1. The van der Waals surface area contributed by atoms with Crippen molar-refractivity contribution in [3.63, 3.8) is 0 Å². The smallest absolute Gasteiger partial charge is 0.251 e. The maximum absolute atomic E-state index is 12.4. The predicted molar refractivity (Wildman–Crippen MR) is 113 cm³/mol. The summed E-state index contributed by atoms with van der Waals surface area (Å²) in [7, 11) is -3.57. The summed E-state index contributed by atoms with van der Waals surface area (Å²) in [5.74, 6) is -0.175. The number of rotatable bonds is 9. The molecule has 7 heteroatoms. The molecule has 2 N–H and O–H groups in total. The first-order chi connectivity index (χ1) is 13.5. The van der Waals surface area contributed by atoms with E-state index in [1.165, 1.54) is 30.5 Å². The molecule has 0 saturated carbocycles. The van der Waals surface area contributed by atoms with Gasteiger partial charge in [0.2, 0.25) is 10.0 Å². The maximum atomic E-state index is 12.4. The van der Waals surface area contributed by atoms with Gasteiger partial charge in [0.15, 0.2) is 0 Å². The van der Waals surface area contributed by atoms with Crippen LogP contribution in [0.2, 0.25) is 0 Å². The molecule has 1 aliphatic carbocycles. The Morgan fingerprint density at radius 3 is 2.54 bits per heavy atom. The first-order valence-corrected chi connectivity index (χ1v) is 12.0. The standard InChI is InChI=1S/C21H26N2O3S2/c24-21(22-14-12-17-5-2-1-3-6-17)18-8-10-20(11-9-18)28(25,26)23-15-13-19-7-4-16-27-19/h4-5,7-11,16,23H,1-3,6,12-15H2,(H,22,24). The third-order valence-electron chi connectivity index (χ3n) is 4.79. The molecule has 1 aromatic carbocycles. The van der Waals surface area contributed by atoms with Gasteiger partial charge >= 0.3 is 0 Å². The van der Waals surface area contributed by atoms with Crippen LogP contribution in [0, 0.1) is 0 Å². The Kier molecular flexibility index (Phi) is 7.42. The van der Waals surface area contributed by atoms with Crippen LogP contribution in [0.15, 0.2) is 58.3 Å². The van der Waals surface area contributed by atoms with Gasteiger partial charge in [-0.2, -0.15) is 0 Å². The highest BCUT2D eigenvalue weighted by Gasteiger charge is 2.15. The van der Waals surface area contributed by atoms with E-state index < -0.39 is 10.0 Å². The highest BCUT2D eigenvalue weighted by Crippen LogP contribution is 2.19. The molecular formula is C21H26N2O3S2. The van der Waals surface area contributed by atoms with Crippen LogP contribution in [0.3, 0.4) is 0 Å². The molecule has 0 aliphatic heterocycles. The van der Waals surface area contributed by atoms with E-state index in [-0.39, 0.29) is 10.8 Å². The van der Waals surface area contributed by atoms with E-state index in [9.17, 15) is 13.2 Å². The molecule has 0 spiro atoms. The van der Waals surface area contributed by atoms with Crippen molar-refractivity contribution in [3.05, 3.63) is 63.9 Å². The third kappa shape index (κ3) is 6.02. The van der Waals surface area contributed by atoms with Gasteiger partial charge in [-0.1, -0.05) is 17.7 Å². The number of carbonyl (C=O) groups is 1. The maximum Gasteiger partial charge on any atom is 0.251 e. The van der Waals surface area contributed by atoms with Crippen molar-refractivity contribution in [3.8, 4) is 0 Å². The molecule has 0 radical (unpaired) electrons. The molecule has 0 unspecified atom stereocenters. The number of amides is 1. The number of hydrogen-bond donors (Lipinski definition) is 2. The fraction of sp³-hybridized carbons (Fsp3) is 0.381. The second-order valence-electron chi connectivity index (χ2n) is 6.87. The summed E-state index contributed by atoms with van der Waals surface area (Å²) >= 11 is 1.61. The van der Waals surface area contributed by atoms with E-state index in [0.717, 1.165) is 24.1 Å². The first kappa shape index (κ1) is 20.8. The molecule has 0 saturated heterocycles.